The average Bonchev–Trinajstić information content (AvgIpc) is 2.92. The summed E-state index contributed by atoms with van der Waals surface area (Å²) in [5.74, 6) is 0.926. The number of anilines is 1. The molecule has 0 unspecified atom stereocenters. The van der Waals surface area contributed by atoms with E-state index in [1.54, 1.807) is 30.6 Å². The van der Waals surface area contributed by atoms with Gasteiger partial charge in [0.05, 0.1) is 0 Å². The van der Waals surface area contributed by atoms with Gasteiger partial charge in [-0.25, -0.2) is 0 Å². The van der Waals surface area contributed by atoms with Crippen molar-refractivity contribution in [1.82, 2.24) is 4.98 Å². The lowest BCUT2D eigenvalue weighted by atomic mass is 10.1. The second-order valence-corrected chi connectivity index (χ2v) is 4.27. The summed E-state index contributed by atoms with van der Waals surface area (Å²) < 4.78 is 10.4. The quantitative estimate of drug-likeness (QED) is 0.525. The zero-order valence-corrected chi connectivity index (χ0v) is 10.6. The summed E-state index contributed by atoms with van der Waals surface area (Å²) >= 11 is 0. The number of hydrogen-bond donors (Lipinski definition) is 1. The third kappa shape index (κ3) is 2.33. The number of nitrogens with zero attached hydrogens (tertiary/aromatic N) is 1. The molecular weight excluding hydrogens is 256 g/mol. The second kappa shape index (κ2) is 5.05. The number of benzene rings is 1. The number of carbonyl (C=O) groups is 1. The molecule has 3 rings (SSSR count). The summed E-state index contributed by atoms with van der Waals surface area (Å²) in [6.07, 6.45) is 6.52. The summed E-state index contributed by atoms with van der Waals surface area (Å²) in [5, 5.41) is 0. The number of aromatic nitrogens is 1. The Morgan fingerprint density at radius 2 is 1.90 bits per heavy atom. The summed E-state index contributed by atoms with van der Waals surface area (Å²) in [6, 6.07) is 6.84. The van der Waals surface area contributed by atoms with E-state index < -0.39 is 0 Å². The fraction of sp³-hybridized carbons (Fsp3) is 0.0667. The van der Waals surface area contributed by atoms with Gasteiger partial charge in [-0.15, -0.1) is 0 Å². The van der Waals surface area contributed by atoms with Gasteiger partial charge in [-0.05, 0) is 29.8 Å². The molecule has 2 aromatic rings. The highest BCUT2D eigenvalue weighted by Gasteiger charge is 2.18. The first-order valence-corrected chi connectivity index (χ1v) is 6.05. The minimum Gasteiger partial charge on any atom is -0.454 e. The van der Waals surface area contributed by atoms with Crippen molar-refractivity contribution in [3.63, 3.8) is 0 Å². The number of pyridine rings is 1. The molecule has 0 saturated heterocycles. The maximum atomic E-state index is 12.2. The van der Waals surface area contributed by atoms with E-state index in [1.807, 2.05) is 12.1 Å². The SMILES string of the molecule is Nc1cc2c(cc1C(=O)/C=C/c1ccncc1)OCO2. The Bertz CT molecular complexity index is 681. The van der Waals surface area contributed by atoms with Crippen molar-refractivity contribution in [2.45, 2.75) is 0 Å². The van der Waals surface area contributed by atoms with Gasteiger partial charge in [0.15, 0.2) is 17.3 Å². The van der Waals surface area contributed by atoms with Crippen LogP contribution >= 0.6 is 0 Å². The summed E-state index contributed by atoms with van der Waals surface area (Å²) in [6.45, 7) is 0.152. The van der Waals surface area contributed by atoms with Crippen LogP contribution in [-0.2, 0) is 0 Å². The summed E-state index contributed by atoms with van der Waals surface area (Å²) in [4.78, 5) is 16.1. The minimum absolute atomic E-state index is 0.152. The molecule has 0 saturated carbocycles. The third-order valence-electron chi connectivity index (χ3n) is 2.94. The minimum atomic E-state index is -0.183. The molecule has 5 nitrogen and oxygen atoms in total. The molecule has 1 aromatic carbocycles. The van der Waals surface area contributed by atoms with E-state index in [0.717, 1.165) is 5.56 Å². The molecule has 0 fully saturated rings. The van der Waals surface area contributed by atoms with Crippen molar-refractivity contribution in [3.05, 3.63) is 53.9 Å². The molecule has 2 heterocycles. The molecule has 100 valence electrons. The number of fused-ring (bicyclic) bond motifs is 1. The molecule has 0 bridgehead atoms. The van der Waals surface area contributed by atoms with Crippen LogP contribution in [0.1, 0.15) is 15.9 Å². The van der Waals surface area contributed by atoms with Gasteiger partial charge in [-0.1, -0.05) is 6.08 Å². The second-order valence-electron chi connectivity index (χ2n) is 4.27. The van der Waals surface area contributed by atoms with Crippen LogP contribution < -0.4 is 15.2 Å². The molecule has 1 aliphatic heterocycles. The van der Waals surface area contributed by atoms with Crippen molar-refractivity contribution in [3.8, 4) is 11.5 Å². The number of allylic oxidation sites excluding steroid dienone is 1. The van der Waals surface area contributed by atoms with Gasteiger partial charge in [0.2, 0.25) is 6.79 Å². The maximum absolute atomic E-state index is 12.2. The van der Waals surface area contributed by atoms with E-state index in [9.17, 15) is 4.79 Å². The van der Waals surface area contributed by atoms with Gasteiger partial charge < -0.3 is 15.2 Å². The fourth-order valence-electron chi connectivity index (χ4n) is 1.91. The Labute approximate surface area is 115 Å². The zero-order valence-electron chi connectivity index (χ0n) is 10.6. The highest BCUT2D eigenvalue weighted by molar-refractivity contribution is 6.10. The predicted octanol–water partition coefficient (Wildman–Crippen LogP) is 2.29. The number of ketones is 1. The molecule has 5 heteroatoms. The fourth-order valence-corrected chi connectivity index (χ4v) is 1.91. The van der Waals surface area contributed by atoms with Crippen LogP contribution in [0.25, 0.3) is 6.08 Å². The molecular formula is C15H12N2O3. The van der Waals surface area contributed by atoms with E-state index in [1.165, 1.54) is 6.08 Å². The maximum Gasteiger partial charge on any atom is 0.231 e. The highest BCUT2D eigenvalue weighted by atomic mass is 16.7. The summed E-state index contributed by atoms with van der Waals surface area (Å²) in [5.41, 5.74) is 7.54. The number of hydrogen-bond acceptors (Lipinski definition) is 5. The number of nitrogens with two attached hydrogens (primary N) is 1. The van der Waals surface area contributed by atoms with Crippen LogP contribution in [0.3, 0.4) is 0 Å². The van der Waals surface area contributed by atoms with E-state index in [2.05, 4.69) is 4.98 Å². The van der Waals surface area contributed by atoms with Crippen molar-refractivity contribution in [2.75, 3.05) is 12.5 Å². The number of rotatable bonds is 3. The van der Waals surface area contributed by atoms with Crippen LogP contribution in [0.15, 0.2) is 42.7 Å². The van der Waals surface area contributed by atoms with Crippen LogP contribution in [0.5, 0.6) is 11.5 Å². The van der Waals surface area contributed by atoms with E-state index >= 15 is 0 Å². The predicted molar refractivity (Wildman–Crippen MR) is 74.6 cm³/mol. The van der Waals surface area contributed by atoms with Crippen LogP contribution in [-0.4, -0.2) is 17.6 Å². The summed E-state index contributed by atoms with van der Waals surface area (Å²) in [7, 11) is 0. The topological polar surface area (TPSA) is 74.4 Å². The molecule has 20 heavy (non-hydrogen) atoms. The van der Waals surface area contributed by atoms with Crippen LogP contribution in [0.4, 0.5) is 5.69 Å². The molecule has 1 aliphatic rings. The van der Waals surface area contributed by atoms with Crippen molar-refractivity contribution in [2.24, 2.45) is 0 Å². The van der Waals surface area contributed by atoms with Gasteiger partial charge in [-0.2, -0.15) is 0 Å². The first-order valence-electron chi connectivity index (χ1n) is 6.05. The lowest BCUT2D eigenvalue weighted by molar-refractivity contribution is 0.104. The standard InChI is InChI=1S/C15H12N2O3/c16-12-8-15-14(19-9-20-15)7-11(12)13(18)2-1-10-3-5-17-6-4-10/h1-8H,9,16H2/b2-1+. The van der Waals surface area contributed by atoms with Crippen molar-refractivity contribution < 1.29 is 14.3 Å². The Hall–Kier alpha value is -2.82. The zero-order chi connectivity index (χ0) is 13.9. The van der Waals surface area contributed by atoms with Crippen molar-refractivity contribution in [1.29, 1.82) is 0 Å². The normalized spacial score (nSPS) is 12.8. The average molecular weight is 268 g/mol. The Morgan fingerprint density at radius 1 is 1.20 bits per heavy atom. The Balaban J connectivity index is 1.86. The van der Waals surface area contributed by atoms with Gasteiger partial charge in [0.1, 0.15) is 0 Å². The lowest BCUT2D eigenvalue weighted by Crippen LogP contribution is -2.00. The number of nitrogen functional groups attached to an aromatic ring is 1. The van der Waals surface area contributed by atoms with Gasteiger partial charge >= 0.3 is 0 Å². The molecule has 0 atom stereocenters. The highest BCUT2D eigenvalue weighted by Crippen LogP contribution is 2.36. The number of ether oxygens (including phenoxy) is 2. The van der Waals surface area contributed by atoms with Crippen LogP contribution in [0.2, 0.25) is 0 Å². The van der Waals surface area contributed by atoms with E-state index in [4.69, 9.17) is 15.2 Å². The largest absolute Gasteiger partial charge is 0.454 e. The van der Waals surface area contributed by atoms with E-state index in [-0.39, 0.29) is 12.6 Å². The third-order valence-corrected chi connectivity index (χ3v) is 2.94. The van der Waals surface area contributed by atoms with E-state index in [0.29, 0.717) is 22.7 Å². The van der Waals surface area contributed by atoms with Gasteiger partial charge in [0.25, 0.3) is 0 Å². The first kappa shape index (κ1) is 12.2. The Morgan fingerprint density at radius 3 is 2.65 bits per heavy atom. The van der Waals surface area contributed by atoms with Crippen LogP contribution in [0, 0.1) is 0 Å². The smallest absolute Gasteiger partial charge is 0.231 e. The lowest BCUT2D eigenvalue weighted by Gasteiger charge is -2.04. The molecule has 2 N–H and O–H groups in total. The molecule has 0 radical (unpaired) electrons. The van der Waals surface area contributed by atoms with Gasteiger partial charge in [-0.3, -0.25) is 9.78 Å². The molecule has 0 spiro atoms. The van der Waals surface area contributed by atoms with Gasteiger partial charge in [0, 0.05) is 29.7 Å². The molecule has 1 aromatic heterocycles. The molecule has 0 amide bonds. The molecule has 0 aliphatic carbocycles. The number of carbonyl (C=O) groups excluding carboxylic acids is 1. The monoisotopic (exact) mass is 268 g/mol. The van der Waals surface area contributed by atoms with Crippen molar-refractivity contribution >= 4 is 17.5 Å². The first-order chi connectivity index (χ1) is 9.74. The Kier molecular flexibility index (Phi) is 3.09.